The van der Waals surface area contributed by atoms with Gasteiger partial charge < -0.3 is 10.1 Å². The predicted molar refractivity (Wildman–Crippen MR) is 86.4 cm³/mol. The van der Waals surface area contributed by atoms with Crippen LogP contribution in [0.5, 0.6) is 5.75 Å². The smallest absolute Gasteiger partial charge is 0.119 e. The molecule has 0 saturated carbocycles. The molecule has 2 nitrogen and oxygen atoms in total. The van der Waals surface area contributed by atoms with Crippen LogP contribution in [0.2, 0.25) is 0 Å². The summed E-state index contributed by atoms with van der Waals surface area (Å²) in [6, 6.07) is 13.3. The zero-order chi connectivity index (χ0) is 14.8. The van der Waals surface area contributed by atoms with E-state index in [-0.39, 0.29) is 5.41 Å². The highest BCUT2D eigenvalue weighted by molar-refractivity contribution is 5.84. The topological polar surface area (TPSA) is 21.3 Å². The molecule has 0 aliphatic rings. The highest BCUT2D eigenvalue weighted by Gasteiger charge is 2.25. The van der Waals surface area contributed by atoms with Gasteiger partial charge in [0.2, 0.25) is 0 Å². The van der Waals surface area contributed by atoms with Crippen molar-refractivity contribution in [3.8, 4) is 5.75 Å². The fourth-order valence-electron chi connectivity index (χ4n) is 2.68. The Kier molecular flexibility index (Phi) is 4.34. The average Bonchev–Trinajstić information content (AvgIpc) is 2.42. The van der Waals surface area contributed by atoms with Gasteiger partial charge in [0.1, 0.15) is 5.75 Å². The first-order valence-electron chi connectivity index (χ1n) is 7.27. The summed E-state index contributed by atoms with van der Waals surface area (Å²) < 4.78 is 5.28. The number of nitrogens with one attached hydrogen (secondary N) is 1. The number of hydrogen-bond donors (Lipinski definition) is 1. The highest BCUT2D eigenvalue weighted by atomic mass is 16.5. The quantitative estimate of drug-likeness (QED) is 0.881. The summed E-state index contributed by atoms with van der Waals surface area (Å²) >= 11 is 0. The summed E-state index contributed by atoms with van der Waals surface area (Å²) in [5, 5.41) is 6.08. The Hall–Kier alpha value is -1.54. The van der Waals surface area contributed by atoms with Crippen molar-refractivity contribution in [1.29, 1.82) is 0 Å². The zero-order valence-electron chi connectivity index (χ0n) is 13.2. The van der Waals surface area contributed by atoms with Gasteiger partial charge in [0.25, 0.3) is 0 Å². The van der Waals surface area contributed by atoms with Crippen LogP contribution in [0.4, 0.5) is 0 Å². The minimum Gasteiger partial charge on any atom is -0.497 e. The van der Waals surface area contributed by atoms with Crippen molar-refractivity contribution >= 4 is 10.8 Å². The van der Waals surface area contributed by atoms with Gasteiger partial charge in [-0.25, -0.2) is 0 Å². The van der Waals surface area contributed by atoms with Gasteiger partial charge in [-0.05, 0) is 46.5 Å². The first-order chi connectivity index (χ1) is 9.45. The largest absolute Gasteiger partial charge is 0.497 e. The average molecular weight is 271 g/mol. The third-order valence-electron chi connectivity index (χ3n) is 3.68. The van der Waals surface area contributed by atoms with Crippen LogP contribution in [0.3, 0.4) is 0 Å². The summed E-state index contributed by atoms with van der Waals surface area (Å²) in [4.78, 5) is 0. The highest BCUT2D eigenvalue weighted by Crippen LogP contribution is 2.34. The molecule has 0 heterocycles. The van der Waals surface area contributed by atoms with Crippen molar-refractivity contribution in [2.24, 2.45) is 5.41 Å². The molecule has 20 heavy (non-hydrogen) atoms. The summed E-state index contributed by atoms with van der Waals surface area (Å²) in [6.07, 6.45) is 0. The lowest BCUT2D eigenvalue weighted by Crippen LogP contribution is -2.32. The summed E-state index contributed by atoms with van der Waals surface area (Å²) in [5.74, 6) is 0.907. The molecule has 0 fully saturated rings. The molecule has 0 amide bonds. The van der Waals surface area contributed by atoms with Crippen LogP contribution in [-0.2, 0) is 0 Å². The van der Waals surface area contributed by atoms with Crippen LogP contribution in [0.1, 0.15) is 39.3 Å². The van der Waals surface area contributed by atoms with Crippen molar-refractivity contribution < 1.29 is 4.74 Å². The van der Waals surface area contributed by atoms with Crippen molar-refractivity contribution in [2.45, 2.75) is 33.7 Å². The minimum atomic E-state index is 0.191. The molecular formula is C18H25NO. The maximum absolute atomic E-state index is 5.28. The molecule has 0 aromatic heterocycles. The van der Waals surface area contributed by atoms with Crippen LogP contribution in [0.15, 0.2) is 36.4 Å². The Bertz CT molecular complexity index is 583. The van der Waals surface area contributed by atoms with E-state index in [1.165, 1.54) is 16.3 Å². The van der Waals surface area contributed by atoms with Gasteiger partial charge in [0.15, 0.2) is 0 Å². The standard InChI is InChI=1S/C18H25NO/c1-6-19-17(18(2,3)4)15-8-7-14-12-16(20-5)10-9-13(14)11-15/h7-12,17,19H,6H2,1-5H3. The summed E-state index contributed by atoms with van der Waals surface area (Å²) in [5.41, 5.74) is 1.54. The van der Waals surface area contributed by atoms with Gasteiger partial charge >= 0.3 is 0 Å². The van der Waals surface area contributed by atoms with E-state index in [0.717, 1.165) is 12.3 Å². The Morgan fingerprint density at radius 2 is 1.70 bits per heavy atom. The van der Waals surface area contributed by atoms with Crippen LogP contribution >= 0.6 is 0 Å². The molecule has 2 heteroatoms. The maximum atomic E-state index is 5.28. The Morgan fingerprint density at radius 3 is 2.30 bits per heavy atom. The molecule has 108 valence electrons. The molecule has 0 aliphatic heterocycles. The zero-order valence-corrected chi connectivity index (χ0v) is 13.2. The minimum absolute atomic E-state index is 0.191. The second kappa shape index (κ2) is 5.84. The van der Waals surface area contributed by atoms with E-state index < -0.39 is 0 Å². The molecule has 2 rings (SSSR count). The van der Waals surface area contributed by atoms with Crippen molar-refractivity contribution in [3.63, 3.8) is 0 Å². The van der Waals surface area contributed by atoms with E-state index in [2.05, 4.69) is 63.3 Å². The normalized spacial score (nSPS) is 13.4. The number of ether oxygens (including phenoxy) is 1. The van der Waals surface area contributed by atoms with Gasteiger partial charge in [-0.3, -0.25) is 0 Å². The fourth-order valence-corrected chi connectivity index (χ4v) is 2.68. The Balaban J connectivity index is 2.44. The molecule has 1 unspecified atom stereocenters. The van der Waals surface area contributed by atoms with E-state index in [9.17, 15) is 0 Å². The number of fused-ring (bicyclic) bond motifs is 1. The van der Waals surface area contributed by atoms with E-state index in [0.29, 0.717) is 6.04 Å². The number of benzene rings is 2. The lowest BCUT2D eigenvalue weighted by Gasteiger charge is -2.32. The van der Waals surface area contributed by atoms with E-state index in [4.69, 9.17) is 4.74 Å². The summed E-state index contributed by atoms with van der Waals surface area (Å²) in [6.45, 7) is 9.96. The van der Waals surface area contributed by atoms with Crippen LogP contribution < -0.4 is 10.1 Å². The molecule has 0 bridgehead atoms. The van der Waals surface area contributed by atoms with E-state index in [1.54, 1.807) is 7.11 Å². The lowest BCUT2D eigenvalue weighted by molar-refractivity contribution is 0.277. The molecular weight excluding hydrogens is 246 g/mol. The maximum Gasteiger partial charge on any atom is 0.119 e. The predicted octanol–water partition coefficient (Wildman–Crippen LogP) is 4.55. The second-order valence-electron chi connectivity index (χ2n) is 6.33. The number of hydrogen-bond acceptors (Lipinski definition) is 2. The van der Waals surface area contributed by atoms with Crippen LogP contribution in [0.25, 0.3) is 10.8 Å². The summed E-state index contributed by atoms with van der Waals surface area (Å²) in [7, 11) is 1.70. The molecule has 0 aliphatic carbocycles. The molecule has 1 N–H and O–H groups in total. The van der Waals surface area contributed by atoms with E-state index in [1.807, 2.05) is 6.07 Å². The fraction of sp³-hybridized carbons (Fsp3) is 0.444. The molecule has 2 aromatic carbocycles. The lowest BCUT2D eigenvalue weighted by atomic mass is 9.82. The molecule has 0 saturated heterocycles. The Labute approximate surface area is 122 Å². The van der Waals surface area contributed by atoms with E-state index >= 15 is 0 Å². The molecule has 0 radical (unpaired) electrons. The molecule has 2 aromatic rings. The van der Waals surface area contributed by atoms with Crippen molar-refractivity contribution in [2.75, 3.05) is 13.7 Å². The van der Waals surface area contributed by atoms with Crippen molar-refractivity contribution in [1.82, 2.24) is 5.32 Å². The van der Waals surface area contributed by atoms with Gasteiger partial charge in [0, 0.05) is 6.04 Å². The number of rotatable bonds is 4. The van der Waals surface area contributed by atoms with Gasteiger partial charge in [-0.1, -0.05) is 45.9 Å². The molecule has 1 atom stereocenters. The second-order valence-corrected chi connectivity index (χ2v) is 6.33. The Morgan fingerprint density at radius 1 is 1.05 bits per heavy atom. The van der Waals surface area contributed by atoms with Gasteiger partial charge in [0.05, 0.1) is 7.11 Å². The van der Waals surface area contributed by atoms with Crippen LogP contribution in [-0.4, -0.2) is 13.7 Å². The van der Waals surface area contributed by atoms with Gasteiger partial charge in [-0.15, -0.1) is 0 Å². The number of methoxy groups -OCH3 is 1. The molecule has 0 spiro atoms. The third-order valence-corrected chi connectivity index (χ3v) is 3.68. The van der Waals surface area contributed by atoms with Crippen molar-refractivity contribution in [3.05, 3.63) is 42.0 Å². The first kappa shape index (κ1) is 14.9. The monoisotopic (exact) mass is 271 g/mol. The van der Waals surface area contributed by atoms with Crippen LogP contribution in [0, 0.1) is 5.41 Å². The third kappa shape index (κ3) is 3.13. The van der Waals surface area contributed by atoms with Gasteiger partial charge in [-0.2, -0.15) is 0 Å². The first-order valence-corrected chi connectivity index (χ1v) is 7.27. The SMILES string of the molecule is CCNC(c1ccc2cc(OC)ccc2c1)C(C)(C)C.